The maximum Gasteiger partial charge on any atom is -0.0101 e. The molecule has 0 bridgehead atoms. The summed E-state index contributed by atoms with van der Waals surface area (Å²) < 4.78 is 0. The zero-order chi connectivity index (χ0) is 9.26. The Kier molecular flexibility index (Phi) is 1.92. The maximum absolute atomic E-state index is 3.13. The summed E-state index contributed by atoms with van der Waals surface area (Å²) in [6, 6.07) is 6.37. The van der Waals surface area contributed by atoms with Crippen molar-refractivity contribution in [3.63, 3.8) is 0 Å². The van der Waals surface area contributed by atoms with Gasteiger partial charge in [0.05, 0.1) is 0 Å². The molecule has 0 fully saturated rings. The highest BCUT2D eigenvalue weighted by molar-refractivity contribution is 5.77. The molecule has 64 valence electrons. The van der Waals surface area contributed by atoms with Crippen molar-refractivity contribution in [2.45, 2.75) is 13.8 Å². The summed E-state index contributed by atoms with van der Waals surface area (Å²) in [5, 5.41) is 0. The van der Waals surface area contributed by atoms with E-state index in [4.69, 9.17) is 0 Å². The van der Waals surface area contributed by atoms with Crippen molar-refractivity contribution in [2.75, 3.05) is 0 Å². The van der Waals surface area contributed by atoms with Gasteiger partial charge in [0.15, 0.2) is 0 Å². The first kappa shape index (κ1) is 8.10. The summed E-state index contributed by atoms with van der Waals surface area (Å²) in [4.78, 5) is 0. The Morgan fingerprint density at radius 2 is 2.00 bits per heavy atom. The van der Waals surface area contributed by atoms with E-state index in [1.54, 1.807) is 0 Å². The van der Waals surface area contributed by atoms with Crippen molar-refractivity contribution < 1.29 is 0 Å². The molecular formula is C13H12. The summed E-state index contributed by atoms with van der Waals surface area (Å²) in [6.07, 6.45) is 6.11. The zero-order valence-corrected chi connectivity index (χ0v) is 7.96. The molecule has 1 aliphatic carbocycles. The molecule has 0 radical (unpaired) electrons. The van der Waals surface area contributed by atoms with Crippen LogP contribution in [0, 0.1) is 6.92 Å². The van der Waals surface area contributed by atoms with Gasteiger partial charge in [-0.15, -0.1) is 5.73 Å². The second-order valence-electron chi connectivity index (χ2n) is 3.37. The molecule has 1 aromatic rings. The fraction of sp³-hybridized carbons (Fsp3) is 0.154. The number of allylic oxidation sites excluding steroid dienone is 3. The van der Waals surface area contributed by atoms with Crippen LogP contribution in [-0.2, 0) is 0 Å². The molecule has 0 nitrogen and oxygen atoms in total. The minimum Gasteiger partial charge on any atom is -0.120 e. The molecule has 0 aromatic heterocycles. The maximum atomic E-state index is 3.13. The molecule has 0 saturated carbocycles. The van der Waals surface area contributed by atoms with Gasteiger partial charge < -0.3 is 0 Å². The van der Waals surface area contributed by atoms with Crippen molar-refractivity contribution in [3.8, 4) is 0 Å². The predicted octanol–water partition coefficient (Wildman–Crippen LogP) is 3.58. The lowest BCUT2D eigenvalue weighted by molar-refractivity contribution is 1.40. The first-order valence-electron chi connectivity index (χ1n) is 4.48. The van der Waals surface area contributed by atoms with Crippen molar-refractivity contribution in [3.05, 3.63) is 52.8 Å². The minimum absolute atomic E-state index is 1.27. The number of hydrogen-bond acceptors (Lipinski definition) is 0. The van der Waals surface area contributed by atoms with E-state index < -0.39 is 0 Å². The highest BCUT2D eigenvalue weighted by atomic mass is 14.1. The lowest BCUT2D eigenvalue weighted by atomic mass is 9.96. The average Bonchev–Trinajstić information content (AvgIpc) is 2.29. The highest BCUT2D eigenvalue weighted by Crippen LogP contribution is 2.25. The van der Waals surface area contributed by atoms with Gasteiger partial charge in [-0.2, -0.15) is 0 Å². The molecule has 0 aliphatic heterocycles. The molecule has 0 unspecified atom stereocenters. The van der Waals surface area contributed by atoms with Crippen LogP contribution in [0.15, 0.2) is 36.1 Å². The van der Waals surface area contributed by atoms with Gasteiger partial charge in [-0.3, -0.25) is 0 Å². The molecule has 0 atom stereocenters. The summed E-state index contributed by atoms with van der Waals surface area (Å²) >= 11 is 0. The van der Waals surface area contributed by atoms with E-state index in [9.17, 15) is 0 Å². The highest BCUT2D eigenvalue weighted by Gasteiger charge is 2.05. The molecule has 1 aliphatic rings. The Morgan fingerprint density at radius 1 is 1.15 bits per heavy atom. The van der Waals surface area contributed by atoms with Crippen molar-refractivity contribution in [1.29, 1.82) is 0 Å². The third-order valence-electron chi connectivity index (χ3n) is 2.37. The standard InChI is InChI=1S/C13H12/c1-10-6-3-4-8-12-9-5-7-11(2)13(10)12/h3,5-9H,1-2H3. The summed E-state index contributed by atoms with van der Waals surface area (Å²) in [5.41, 5.74) is 8.40. The van der Waals surface area contributed by atoms with Crippen LogP contribution in [0.3, 0.4) is 0 Å². The van der Waals surface area contributed by atoms with Gasteiger partial charge in [-0.05, 0) is 48.3 Å². The topological polar surface area (TPSA) is 0 Å². The first-order valence-corrected chi connectivity index (χ1v) is 4.48. The van der Waals surface area contributed by atoms with Gasteiger partial charge in [-0.1, -0.05) is 24.3 Å². The van der Waals surface area contributed by atoms with Gasteiger partial charge in [0.1, 0.15) is 0 Å². The summed E-state index contributed by atoms with van der Waals surface area (Å²) in [5.74, 6) is 0. The van der Waals surface area contributed by atoms with Gasteiger partial charge in [0, 0.05) is 0 Å². The molecule has 13 heavy (non-hydrogen) atoms. The van der Waals surface area contributed by atoms with E-state index in [1.807, 2.05) is 12.2 Å². The number of rotatable bonds is 0. The number of hydrogen-bond donors (Lipinski definition) is 0. The fourth-order valence-electron chi connectivity index (χ4n) is 1.74. The van der Waals surface area contributed by atoms with E-state index in [2.05, 4.69) is 43.9 Å². The smallest absolute Gasteiger partial charge is 0.0101 e. The van der Waals surface area contributed by atoms with Crippen molar-refractivity contribution in [1.82, 2.24) is 0 Å². The second kappa shape index (κ2) is 3.08. The number of benzene rings is 1. The molecular weight excluding hydrogens is 156 g/mol. The molecule has 0 amide bonds. The van der Waals surface area contributed by atoms with E-state index in [0.29, 0.717) is 0 Å². The van der Waals surface area contributed by atoms with Gasteiger partial charge in [-0.25, -0.2) is 0 Å². The molecule has 1 aromatic carbocycles. The van der Waals surface area contributed by atoms with Gasteiger partial charge in [0.2, 0.25) is 0 Å². The van der Waals surface area contributed by atoms with Crippen LogP contribution in [0.25, 0.3) is 11.6 Å². The predicted molar refractivity (Wildman–Crippen MR) is 57.4 cm³/mol. The van der Waals surface area contributed by atoms with Crippen LogP contribution >= 0.6 is 0 Å². The third kappa shape index (κ3) is 1.37. The normalized spacial score (nSPS) is 13.5. The van der Waals surface area contributed by atoms with Crippen LogP contribution < -0.4 is 0 Å². The molecule has 0 N–H and O–H groups in total. The monoisotopic (exact) mass is 168 g/mol. The Balaban J connectivity index is 2.77. The molecule has 2 rings (SSSR count). The zero-order valence-electron chi connectivity index (χ0n) is 7.96. The lowest BCUT2D eigenvalue weighted by Gasteiger charge is -2.08. The summed E-state index contributed by atoms with van der Waals surface area (Å²) in [7, 11) is 0. The van der Waals surface area contributed by atoms with Crippen LogP contribution in [0.1, 0.15) is 23.6 Å². The van der Waals surface area contributed by atoms with Gasteiger partial charge >= 0.3 is 0 Å². The fourth-order valence-corrected chi connectivity index (χ4v) is 1.74. The second-order valence-corrected chi connectivity index (χ2v) is 3.37. The lowest BCUT2D eigenvalue weighted by Crippen LogP contribution is -1.89. The SMILES string of the molecule is CC1=CC=C=Cc2cccc(C)c21. The molecule has 0 heteroatoms. The Bertz CT molecular complexity index is 427. The minimum atomic E-state index is 1.27. The Hall–Kier alpha value is -1.52. The van der Waals surface area contributed by atoms with E-state index in [1.165, 1.54) is 22.3 Å². The van der Waals surface area contributed by atoms with Crippen LogP contribution in [0.2, 0.25) is 0 Å². The van der Waals surface area contributed by atoms with E-state index in [-0.39, 0.29) is 0 Å². The first-order chi connectivity index (χ1) is 6.29. The molecule has 0 saturated heterocycles. The largest absolute Gasteiger partial charge is 0.120 e. The van der Waals surface area contributed by atoms with Crippen LogP contribution in [0.4, 0.5) is 0 Å². The molecule has 0 spiro atoms. The van der Waals surface area contributed by atoms with Gasteiger partial charge in [0.25, 0.3) is 0 Å². The number of aryl methyl sites for hydroxylation is 1. The Morgan fingerprint density at radius 3 is 2.85 bits per heavy atom. The quantitative estimate of drug-likeness (QED) is 0.519. The van der Waals surface area contributed by atoms with Crippen LogP contribution in [-0.4, -0.2) is 0 Å². The third-order valence-corrected chi connectivity index (χ3v) is 2.37. The summed E-state index contributed by atoms with van der Waals surface area (Å²) in [6.45, 7) is 4.29. The Labute approximate surface area is 78.9 Å². The number of fused-ring (bicyclic) bond motifs is 1. The average molecular weight is 168 g/mol. The molecule has 0 heterocycles. The van der Waals surface area contributed by atoms with Crippen molar-refractivity contribution >= 4 is 11.6 Å². The van der Waals surface area contributed by atoms with E-state index >= 15 is 0 Å². The van der Waals surface area contributed by atoms with Crippen molar-refractivity contribution in [2.24, 2.45) is 0 Å². The van der Waals surface area contributed by atoms with Crippen LogP contribution in [0.5, 0.6) is 0 Å². The van der Waals surface area contributed by atoms with E-state index in [0.717, 1.165) is 0 Å².